The monoisotopic (exact) mass is 574 g/mol. The van der Waals surface area contributed by atoms with E-state index >= 15 is 0 Å². The van der Waals surface area contributed by atoms with Crippen LogP contribution >= 0.6 is 0 Å². The third-order valence-electron chi connectivity index (χ3n) is 9.82. The number of rotatable bonds is 2. The first kappa shape index (κ1) is 27.8. The Morgan fingerprint density at radius 3 is 1.25 bits per heavy atom. The highest BCUT2D eigenvalue weighted by atomic mass is 15.0. The number of aromatic nitrogens is 4. The average molecular weight is 575 g/mol. The molecule has 2 aliphatic rings. The molecule has 0 amide bonds. The molecule has 5 aromatic rings. The van der Waals surface area contributed by atoms with Crippen molar-refractivity contribution in [3.63, 3.8) is 0 Å². The van der Waals surface area contributed by atoms with Crippen molar-refractivity contribution in [1.82, 2.24) is 19.1 Å². The predicted molar refractivity (Wildman–Crippen MR) is 187 cm³/mol. The zero-order valence-corrected chi connectivity index (χ0v) is 26.9. The highest BCUT2D eigenvalue weighted by Gasteiger charge is 2.25. The summed E-state index contributed by atoms with van der Waals surface area (Å²) in [5.41, 5.74) is 20.7. The second kappa shape index (κ2) is 10.3. The van der Waals surface area contributed by atoms with Crippen molar-refractivity contribution < 1.29 is 0 Å². The molecule has 0 saturated heterocycles. The third kappa shape index (κ3) is 4.12. The van der Waals surface area contributed by atoms with Crippen molar-refractivity contribution in [2.45, 2.75) is 41.5 Å². The highest BCUT2D eigenvalue weighted by Crippen LogP contribution is 2.44. The molecule has 0 spiro atoms. The summed E-state index contributed by atoms with van der Waals surface area (Å²) in [4.78, 5) is 10.7. The summed E-state index contributed by atoms with van der Waals surface area (Å²) in [5.74, 6) is 0. The molecule has 0 fully saturated rings. The van der Waals surface area contributed by atoms with E-state index in [4.69, 9.17) is 9.97 Å². The largest absolute Gasteiger partial charge is 0.344 e. The van der Waals surface area contributed by atoms with Crippen LogP contribution < -0.4 is 0 Å². The summed E-state index contributed by atoms with van der Waals surface area (Å²) >= 11 is 0. The van der Waals surface area contributed by atoms with Crippen LogP contribution in [0, 0.1) is 27.7 Å². The molecule has 4 heteroatoms. The molecule has 0 atom stereocenters. The topological polar surface area (TPSA) is 35.6 Å². The van der Waals surface area contributed by atoms with Gasteiger partial charge in [-0.1, -0.05) is 60.7 Å². The molecule has 4 nitrogen and oxygen atoms in total. The van der Waals surface area contributed by atoms with Gasteiger partial charge in [0.05, 0.1) is 33.8 Å². The van der Waals surface area contributed by atoms with E-state index in [1.54, 1.807) is 0 Å². The van der Waals surface area contributed by atoms with Crippen molar-refractivity contribution >= 4 is 45.4 Å². The van der Waals surface area contributed by atoms with Gasteiger partial charge in [0.15, 0.2) is 0 Å². The Hall–Kier alpha value is -4.96. The molecule has 2 aromatic carbocycles. The molecule has 218 valence electrons. The molecule has 0 unspecified atom stereocenters. The summed E-state index contributed by atoms with van der Waals surface area (Å²) in [6.45, 7) is 13.4. The van der Waals surface area contributed by atoms with Crippen molar-refractivity contribution in [3.8, 4) is 22.3 Å². The maximum atomic E-state index is 5.62. The molecule has 0 saturated carbocycles. The van der Waals surface area contributed by atoms with E-state index in [1.807, 2.05) is 0 Å². The second-order valence-electron chi connectivity index (χ2n) is 12.2. The lowest BCUT2D eigenvalue weighted by Crippen LogP contribution is -1.95. The molecule has 0 aliphatic carbocycles. The Morgan fingerprint density at radius 2 is 0.864 bits per heavy atom. The number of allylic oxidation sites excluding steroid dienone is 2. The van der Waals surface area contributed by atoms with E-state index in [9.17, 15) is 0 Å². The van der Waals surface area contributed by atoms with Crippen molar-refractivity contribution in [3.05, 3.63) is 118 Å². The molecule has 7 rings (SSSR count). The van der Waals surface area contributed by atoms with E-state index in [0.717, 1.165) is 56.1 Å². The molecular weight excluding hydrogens is 536 g/mol. The Morgan fingerprint density at radius 1 is 0.477 bits per heavy atom. The van der Waals surface area contributed by atoms with Gasteiger partial charge in [-0.2, -0.15) is 0 Å². The number of fused-ring (bicyclic) bond motifs is 8. The van der Waals surface area contributed by atoms with E-state index in [0.29, 0.717) is 0 Å². The van der Waals surface area contributed by atoms with Crippen molar-refractivity contribution in [2.75, 3.05) is 0 Å². The molecular formula is C40H38N4. The Kier molecular flexibility index (Phi) is 6.55. The third-order valence-corrected chi connectivity index (χ3v) is 9.82. The van der Waals surface area contributed by atoms with Crippen molar-refractivity contribution in [1.29, 1.82) is 0 Å². The smallest absolute Gasteiger partial charge is 0.0769 e. The molecule has 0 N–H and O–H groups in total. The summed E-state index contributed by atoms with van der Waals surface area (Å²) < 4.78 is 4.66. The molecule has 5 heterocycles. The first-order chi connectivity index (χ1) is 21.2. The number of aryl methyl sites for hydroxylation is 6. The summed E-state index contributed by atoms with van der Waals surface area (Å²) in [5, 5.41) is 0. The van der Waals surface area contributed by atoms with Crippen LogP contribution in [-0.4, -0.2) is 19.1 Å². The zero-order valence-electron chi connectivity index (χ0n) is 26.9. The maximum absolute atomic E-state index is 5.62. The van der Waals surface area contributed by atoms with Crippen LogP contribution in [0.15, 0.2) is 72.8 Å². The van der Waals surface area contributed by atoms with E-state index < -0.39 is 0 Å². The first-order valence-corrected chi connectivity index (χ1v) is 15.3. The fourth-order valence-corrected chi connectivity index (χ4v) is 7.04. The highest BCUT2D eigenvalue weighted by molar-refractivity contribution is 6.04. The molecule has 44 heavy (non-hydrogen) atoms. The Bertz CT molecular complexity index is 2070. The van der Waals surface area contributed by atoms with Crippen LogP contribution in [0.25, 0.3) is 67.6 Å². The average Bonchev–Trinajstić information content (AvgIpc) is 3.71. The van der Waals surface area contributed by atoms with Gasteiger partial charge in [0.2, 0.25) is 0 Å². The minimum Gasteiger partial charge on any atom is -0.344 e. The number of nitrogens with zero attached hydrogens (tertiary/aromatic N) is 4. The first-order valence-electron chi connectivity index (χ1n) is 15.3. The minimum absolute atomic E-state index is 0.959. The second-order valence-corrected chi connectivity index (χ2v) is 12.2. The number of hydrogen-bond acceptors (Lipinski definition) is 2. The fraction of sp³-hybridized carbons (Fsp3) is 0.200. The summed E-state index contributed by atoms with van der Waals surface area (Å²) in [6, 6.07) is 25.9. The van der Waals surface area contributed by atoms with Crippen molar-refractivity contribution in [2.24, 2.45) is 14.1 Å². The molecule has 8 bridgehead atoms. The standard InChI is InChI=1S/C40H38N4/c1-23-27(5)39-35(29-15-11-9-12-16-29)37-25(3)26(4)38(42-37)36(30-17-13-10-14-18-30)40-28(6)24(2)34(44(40)8)22-32-20-19-31(41-32)21-33(23)43(39)7/h9-22H,1-8H3. The quantitative estimate of drug-likeness (QED) is 0.206. The van der Waals surface area contributed by atoms with E-state index in [2.05, 4.69) is 150 Å². The predicted octanol–water partition coefficient (Wildman–Crippen LogP) is 10.0. The Labute approximate surface area is 259 Å². The number of hydrogen-bond donors (Lipinski definition) is 0. The normalized spacial score (nSPS) is 12.8. The van der Waals surface area contributed by atoms with Crippen LogP contribution in [0.2, 0.25) is 0 Å². The van der Waals surface area contributed by atoms with Gasteiger partial charge in [0.1, 0.15) is 0 Å². The lowest BCUT2D eigenvalue weighted by atomic mass is 9.95. The maximum Gasteiger partial charge on any atom is 0.0769 e. The van der Waals surface area contributed by atoms with Crippen LogP contribution in [0.3, 0.4) is 0 Å². The summed E-state index contributed by atoms with van der Waals surface area (Å²) in [6.07, 6.45) is 4.25. The van der Waals surface area contributed by atoms with E-state index in [1.165, 1.54) is 44.4 Å². The van der Waals surface area contributed by atoms with E-state index in [-0.39, 0.29) is 0 Å². The molecule has 2 aliphatic heterocycles. The number of benzene rings is 2. The van der Waals surface area contributed by atoms with Gasteiger partial charge in [-0.05, 0) is 110 Å². The van der Waals surface area contributed by atoms with Gasteiger partial charge in [0.25, 0.3) is 0 Å². The van der Waals surface area contributed by atoms with Gasteiger partial charge in [-0.3, -0.25) is 0 Å². The summed E-state index contributed by atoms with van der Waals surface area (Å²) in [7, 11) is 4.35. The molecule has 0 radical (unpaired) electrons. The van der Waals surface area contributed by atoms with Gasteiger partial charge in [-0.25, -0.2) is 9.97 Å². The zero-order chi connectivity index (χ0) is 30.9. The van der Waals surface area contributed by atoms with Crippen LogP contribution in [-0.2, 0) is 14.1 Å². The van der Waals surface area contributed by atoms with Gasteiger partial charge >= 0.3 is 0 Å². The van der Waals surface area contributed by atoms with Gasteiger partial charge < -0.3 is 9.13 Å². The van der Waals surface area contributed by atoms with Crippen LogP contribution in [0.4, 0.5) is 0 Å². The van der Waals surface area contributed by atoms with Gasteiger partial charge in [-0.15, -0.1) is 0 Å². The lowest BCUT2D eigenvalue weighted by Gasteiger charge is -2.10. The van der Waals surface area contributed by atoms with Crippen LogP contribution in [0.1, 0.15) is 58.9 Å². The SMILES string of the molecule is CC1=C(C)c2nc1c(-c1ccccc1)c1c(C)c(C)c(cc3nc(cc4c(C)c(C)c(c2-c2ccccc2)n4C)C=C3)n1C. The van der Waals surface area contributed by atoms with Crippen LogP contribution in [0.5, 0.6) is 0 Å². The Balaban J connectivity index is 1.82. The fourth-order valence-electron chi connectivity index (χ4n) is 7.04. The molecule has 3 aromatic heterocycles. The lowest BCUT2D eigenvalue weighted by molar-refractivity contribution is 1.00. The minimum atomic E-state index is 0.959. The van der Waals surface area contributed by atoms with Gasteiger partial charge in [0, 0.05) is 36.3 Å².